The van der Waals surface area contributed by atoms with Gasteiger partial charge >= 0.3 is 5.97 Å². The third-order valence-corrected chi connectivity index (χ3v) is 3.05. The Morgan fingerprint density at radius 1 is 1.73 bits per heavy atom. The Morgan fingerprint density at radius 2 is 2.40 bits per heavy atom. The number of aliphatic carboxylic acids is 1. The molecule has 2 unspecified atom stereocenters. The van der Waals surface area contributed by atoms with Gasteiger partial charge in [0.1, 0.15) is 5.54 Å². The lowest BCUT2D eigenvalue weighted by atomic mass is 10.0. The van der Waals surface area contributed by atoms with Crippen LogP contribution in [-0.2, 0) is 9.53 Å². The van der Waals surface area contributed by atoms with E-state index in [1.807, 2.05) is 0 Å². The van der Waals surface area contributed by atoms with Crippen LogP contribution in [0, 0.1) is 0 Å². The largest absolute Gasteiger partial charge is 0.480 e. The Balaban J connectivity index is 2.61. The number of ether oxygens (including phenoxy) is 1. The van der Waals surface area contributed by atoms with Crippen molar-refractivity contribution in [2.75, 3.05) is 33.4 Å². The first-order valence-corrected chi connectivity index (χ1v) is 5.23. The Hall–Kier alpha value is -0.650. The van der Waals surface area contributed by atoms with Gasteiger partial charge in [0.25, 0.3) is 0 Å². The van der Waals surface area contributed by atoms with E-state index in [1.165, 1.54) is 0 Å². The summed E-state index contributed by atoms with van der Waals surface area (Å²) in [5.74, 6) is -0.816. The number of rotatable bonds is 4. The van der Waals surface area contributed by atoms with Gasteiger partial charge in [0.15, 0.2) is 0 Å². The number of hydrogen-bond donors (Lipinski definition) is 2. The highest BCUT2D eigenvalue weighted by atomic mass is 16.5. The smallest absolute Gasteiger partial charge is 0.324 e. The molecule has 0 radical (unpaired) electrons. The summed E-state index contributed by atoms with van der Waals surface area (Å²) in [6.45, 7) is 6.42. The molecule has 0 aromatic rings. The molecule has 0 bridgehead atoms. The molecule has 15 heavy (non-hydrogen) atoms. The molecule has 0 saturated carbocycles. The molecule has 1 aliphatic heterocycles. The van der Waals surface area contributed by atoms with Crippen molar-refractivity contribution >= 4 is 5.97 Å². The first-order valence-electron chi connectivity index (χ1n) is 5.23. The SMILES string of the molecule is CNC(C)(CN1CCOCC1C)C(=O)O. The van der Waals surface area contributed by atoms with E-state index >= 15 is 0 Å². The first-order chi connectivity index (χ1) is 6.99. The quantitative estimate of drug-likeness (QED) is 0.679. The predicted octanol–water partition coefficient (Wildman–Crippen LogP) is -0.230. The Morgan fingerprint density at radius 3 is 2.87 bits per heavy atom. The highest BCUT2D eigenvalue weighted by Gasteiger charge is 2.35. The van der Waals surface area contributed by atoms with E-state index in [9.17, 15) is 4.79 Å². The van der Waals surface area contributed by atoms with Gasteiger partial charge in [0, 0.05) is 19.1 Å². The number of carboxylic acids is 1. The number of carboxylic acid groups (broad SMARTS) is 1. The second-order valence-electron chi connectivity index (χ2n) is 4.28. The summed E-state index contributed by atoms with van der Waals surface area (Å²) in [4.78, 5) is 13.3. The molecule has 1 saturated heterocycles. The summed E-state index contributed by atoms with van der Waals surface area (Å²) < 4.78 is 5.31. The predicted molar refractivity (Wildman–Crippen MR) is 57.0 cm³/mol. The number of nitrogens with zero attached hydrogens (tertiary/aromatic N) is 1. The van der Waals surface area contributed by atoms with Gasteiger partial charge in [-0.1, -0.05) is 0 Å². The molecule has 0 aromatic heterocycles. The fraction of sp³-hybridized carbons (Fsp3) is 0.900. The van der Waals surface area contributed by atoms with E-state index in [2.05, 4.69) is 17.1 Å². The third kappa shape index (κ3) is 2.90. The minimum atomic E-state index is -0.883. The molecular formula is C10H20N2O3. The zero-order chi connectivity index (χ0) is 11.5. The van der Waals surface area contributed by atoms with Crippen LogP contribution in [-0.4, -0.2) is 60.9 Å². The van der Waals surface area contributed by atoms with Crippen LogP contribution in [0.15, 0.2) is 0 Å². The maximum atomic E-state index is 11.1. The summed E-state index contributed by atoms with van der Waals surface area (Å²) in [7, 11) is 1.68. The molecule has 88 valence electrons. The van der Waals surface area contributed by atoms with Crippen molar-refractivity contribution in [1.82, 2.24) is 10.2 Å². The topological polar surface area (TPSA) is 61.8 Å². The molecule has 1 rings (SSSR count). The second-order valence-corrected chi connectivity index (χ2v) is 4.28. The highest BCUT2D eigenvalue weighted by molar-refractivity contribution is 5.78. The second kappa shape index (κ2) is 4.92. The van der Waals surface area contributed by atoms with Crippen molar-refractivity contribution in [3.8, 4) is 0 Å². The molecule has 1 aliphatic rings. The molecule has 0 aliphatic carbocycles. The van der Waals surface area contributed by atoms with Crippen LogP contribution >= 0.6 is 0 Å². The minimum absolute atomic E-state index is 0.283. The molecule has 0 spiro atoms. The van der Waals surface area contributed by atoms with Crippen LogP contribution in [0.25, 0.3) is 0 Å². The molecule has 5 nitrogen and oxygen atoms in total. The molecule has 2 atom stereocenters. The van der Waals surface area contributed by atoms with Gasteiger partial charge in [0.2, 0.25) is 0 Å². The van der Waals surface area contributed by atoms with Crippen LogP contribution < -0.4 is 5.32 Å². The lowest BCUT2D eigenvalue weighted by Crippen LogP contribution is -2.59. The average molecular weight is 216 g/mol. The molecule has 5 heteroatoms. The van der Waals surface area contributed by atoms with E-state index < -0.39 is 11.5 Å². The summed E-state index contributed by atoms with van der Waals surface area (Å²) >= 11 is 0. The van der Waals surface area contributed by atoms with Crippen LogP contribution in [0.2, 0.25) is 0 Å². The number of nitrogens with one attached hydrogen (secondary N) is 1. The molecular weight excluding hydrogens is 196 g/mol. The fourth-order valence-electron chi connectivity index (χ4n) is 1.66. The zero-order valence-corrected chi connectivity index (χ0v) is 9.62. The van der Waals surface area contributed by atoms with Crippen LogP contribution in [0.5, 0.6) is 0 Å². The maximum Gasteiger partial charge on any atom is 0.324 e. The molecule has 1 fully saturated rings. The monoisotopic (exact) mass is 216 g/mol. The first kappa shape index (κ1) is 12.4. The van der Waals surface area contributed by atoms with Gasteiger partial charge in [0.05, 0.1) is 13.2 Å². The molecule has 2 N–H and O–H groups in total. The van der Waals surface area contributed by atoms with Crippen LogP contribution in [0.3, 0.4) is 0 Å². The van der Waals surface area contributed by atoms with Crippen molar-refractivity contribution in [3.05, 3.63) is 0 Å². The van der Waals surface area contributed by atoms with Gasteiger partial charge in [-0.2, -0.15) is 0 Å². The summed E-state index contributed by atoms with van der Waals surface area (Å²) in [6.07, 6.45) is 0. The average Bonchev–Trinajstić information content (AvgIpc) is 2.21. The third-order valence-electron chi connectivity index (χ3n) is 3.05. The summed E-state index contributed by atoms with van der Waals surface area (Å²) in [5, 5.41) is 12.0. The van der Waals surface area contributed by atoms with Gasteiger partial charge in [-0.05, 0) is 20.9 Å². The number of hydrogen-bond acceptors (Lipinski definition) is 4. The van der Waals surface area contributed by atoms with E-state index in [4.69, 9.17) is 9.84 Å². The molecule has 1 heterocycles. The van der Waals surface area contributed by atoms with Crippen molar-refractivity contribution in [2.24, 2.45) is 0 Å². The minimum Gasteiger partial charge on any atom is -0.480 e. The lowest BCUT2D eigenvalue weighted by Gasteiger charge is -2.38. The fourth-order valence-corrected chi connectivity index (χ4v) is 1.66. The molecule has 0 aromatic carbocycles. The van der Waals surface area contributed by atoms with Gasteiger partial charge in [-0.3, -0.25) is 9.69 Å². The Kier molecular flexibility index (Phi) is 4.07. The van der Waals surface area contributed by atoms with E-state index in [0.29, 0.717) is 19.8 Å². The van der Waals surface area contributed by atoms with Crippen LogP contribution in [0.1, 0.15) is 13.8 Å². The van der Waals surface area contributed by atoms with Crippen molar-refractivity contribution < 1.29 is 14.6 Å². The van der Waals surface area contributed by atoms with Crippen molar-refractivity contribution in [3.63, 3.8) is 0 Å². The number of morpholine rings is 1. The highest BCUT2D eigenvalue weighted by Crippen LogP contribution is 2.12. The van der Waals surface area contributed by atoms with E-state index in [-0.39, 0.29) is 6.04 Å². The van der Waals surface area contributed by atoms with E-state index in [1.54, 1.807) is 14.0 Å². The van der Waals surface area contributed by atoms with Crippen molar-refractivity contribution in [1.29, 1.82) is 0 Å². The van der Waals surface area contributed by atoms with Gasteiger partial charge < -0.3 is 15.2 Å². The lowest BCUT2D eigenvalue weighted by molar-refractivity contribution is -0.145. The summed E-state index contributed by atoms with van der Waals surface area (Å²) in [5.41, 5.74) is -0.883. The number of carbonyl (C=O) groups is 1. The summed E-state index contributed by atoms with van der Waals surface area (Å²) in [6, 6.07) is 0.283. The zero-order valence-electron chi connectivity index (χ0n) is 9.62. The van der Waals surface area contributed by atoms with Crippen LogP contribution in [0.4, 0.5) is 0 Å². The Labute approximate surface area is 90.4 Å². The van der Waals surface area contributed by atoms with E-state index in [0.717, 1.165) is 6.54 Å². The molecule has 0 amide bonds. The van der Waals surface area contributed by atoms with Crippen molar-refractivity contribution in [2.45, 2.75) is 25.4 Å². The van der Waals surface area contributed by atoms with Gasteiger partial charge in [-0.25, -0.2) is 0 Å². The number of likely N-dealkylation sites (N-methyl/N-ethyl adjacent to an activating group) is 1. The Bertz CT molecular complexity index is 235. The van der Waals surface area contributed by atoms with Gasteiger partial charge in [-0.15, -0.1) is 0 Å². The maximum absolute atomic E-state index is 11.1. The standard InChI is InChI=1S/C10H20N2O3/c1-8-6-15-5-4-12(8)7-10(2,11-3)9(13)14/h8,11H,4-7H2,1-3H3,(H,13,14). The normalized spacial score (nSPS) is 27.3.